The fourth-order valence-corrected chi connectivity index (χ4v) is 3.45. The molecule has 0 aliphatic carbocycles. The summed E-state index contributed by atoms with van der Waals surface area (Å²) in [6.45, 7) is 4.11. The Hall–Kier alpha value is -0.660. The molecular formula is C13H19ClN2O3S. The summed E-state index contributed by atoms with van der Waals surface area (Å²) in [5.74, 6) is 0. The number of aryl methyl sites for hydroxylation is 1. The number of hydrogen-bond acceptors (Lipinski definition) is 3. The summed E-state index contributed by atoms with van der Waals surface area (Å²) in [4.78, 5) is 0. The van der Waals surface area contributed by atoms with Crippen LogP contribution in [0.25, 0.3) is 0 Å². The van der Waals surface area contributed by atoms with Crippen LogP contribution in [0.15, 0.2) is 18.2 Å². The molecule has 1 aliphatic rings. The average Bonchev–Trinajstić information content (AvgIpc) is 2.69. The summed E-state index contributed by atoms with van der Waals surface area (Å²) in [6.07, 6.45) is 0.719. The first kappa shape index (κ1) is 15.7. The van der Waals surface area contributed by atoms with Gasteiger partial charge in [0.1, 0.15) is 0 Å². The van der Waals surface area contributed by atoms with E-state index in [1.807, 2.05) is 13.0 Å². The van der Waals surface area contributed by atoms with Crippen LogP contribution in [0, 0.1) is 6.92 Å². The van der Waals surface area contributed by atoms with Gasteiger partial charge < -0.3 is 4.74 Å². The van der Waals surface area contributed by atoms with Gasteiger partial charge in [0.15, 0.2) is 0 Å². The summed E-state index contributed by atoms with van der Waals surface area (Å²) in [7, 11) is -3.47. The molecule has 1 heterocycles. The Morgan fingerprint density at radius 1 is 1.35 bits per heavy atom. The Bertz CT molecular complexity index is 555. The summed E-state index contributed by atoms with van der Waals surface area (Å²) in [5.41, 5.74) is 1.89. The van der Waals surface area contributed by atoms with E-state index in [2.05, 4.69) is 4.72 Å². The standard InChI is InChI=1S/C13H19ClN2O3S/c1-11-3-4-13(14)9-12(11)10-15-20(17,18)16-5-2-7-19-8-6-16/h3-4,9,15H,2,5-8,10H2,1H3. The largest absolute Gasteiger partial charge is 0.380 e. The van der Waals surface area contributed by atoms with Crippen LogP contribution in [0.4, 0.5) is 0 Å². The zero-order valence-corrected chi connectivity index (χ0v) is 13.0. The van der Waals surface area contributed by atoms with E-state index in [0.717, 1.165) is 17.5 Å². The third kappa shape index (κ3) is 4.17. The minimum absolute atomic E-state index is 0.242. The molecule has 0 unspecified atom stereocenters. The third-order valence-corrected chi connectivity index (χ3v) is 5.07. The Labute approximate surface area is 125 Å². The molecule has 2 rings (SSSR count). The molecule has 7 heteroatoms. The highest BCUT2D eigenvalue weighted by Crippen LogP contribution is 2.16. The van der Waals surface area contributed by atoms with E-state index in [9.17, 15) is 8.42 Å². The van der Waals surface area contributed by atoms with E-state index in [0.29, 0.717) is 31.3 Å². The quantitative estimate of drug-likeness (QED) is 0.919. The van der Waals surface area contributed by atoms with Crippen molar-refractivity contribution in [3.8, 4) is 0 Å². The van der Waals surface area contributed by atoms with Crippen molar-refractivity contribution in [3.05, 3.63) is 34.3 Å². The molecule has 0 radical (unpaired) electrons. The molecule has 0 saturated carbocycles. The van der Waals surface area contributed by atoms with Crippen molar-refractivity contribution < 1.29 is 13.2 Å². The predicted molar refractivity (Wildman–Crippen MR) is 79.0 cm³/mol. The van der Waals surface area contributed by atoms with Gasteiger partial charge in [-0.3, -0.25) is 0 Å². The van der Waals surface area contributed by atoms with Gasteiger partial charge in [0.2, 0.25) is 0 Å². The van der Waals surface area contributed by atoms with E-state index in [-0.39, 0.29) is 6.54 Å². The molecular weight excluding hydrogens is 300 g/mol. The molecule has 0 aromatic heterocycles. The smallest absolute Gasteiger partial charge is 0.279 e. The van der Waals surface area contributed by atoms with E-state index < -0.39 is 10.2 Å². The van der Waals surface area contributed by atoms with Crippen LogP contribution in [0.5, 0.6) is 0 Å². The number of halogens is 1. The van der Waals surface area contributed by atoms with Crippen molar-refractivity contribution in [1.82, 2.24) is 9.03 Å². The predicted octanol–water partition coefficient (Wildman–Crippen LogP) is 1.71. The number of nitrogens with one attached hydrogen (secondary N) is 1. The summed E-state index contributed by atoms with van der Waals surface area (Å²) in [5, 5.41) is 0.605. The van der Waals surface area contributed by atoms with Crippen LogP contribution in [0.2, 0.25) is 5.02 Å². The molecule has 20 heavy (non-hydrogen) atoms. The molecule has 1 aliphatic heterocycles. The second kappa shape index (κ2) is 6.87. The Morgan fingerprint density at radius 2 is 2.15 bits per heavy atom. The van der Waals surface area contributed by atoms with Crippen molar-refractivity contribution in [2.24, 2.45) is 0 Å². The van der Waals surface area contributed by atoms with Gasteiger partial charge >= 0.3 is 0 Å². The molecule has 0 atom stereocenters. The van der Waals surface area contributed by atoms with E-state index in [1.165, 1.54) is 4.31 Å². The van der Waals surface area contributed by atoms with Crippen molar-refractivity contribution in [2.75, 3.05) is 26.3 Å². The average molecular weight is 319 g/mol. The van der Waals surface area contributed by atoms with Crippen molar-refractivity contribution in [3.63, 3.8) is 0 Å². The maximum atomic E-state index is 12.2. The molecule has 1 aromatic carbocycles. The summed E-state index contributed by atoms with van der Waals surface area (Å²) < 4.78 is 33.8. The molecule has 0 amide bonds. The molecule has 0 bridgehead atoms. The second-order valence-corrected chi connectivity index (χ2v) is 6.95. The zero-order chi connectivity index (χ0) is 14.6. The lowest BCUT2D eigenvalue weighted by Gasteiger charge is -2.20. The van der Waals surface area contributed by atoms with Crippen LogP contribution in [0.1, 0.15) is 17.5 Å². The zero-order valence-electron chi connectivity index (χ0n) is 11.4. The van der Waals surface area contributed by atoms with Gasteiger partial charge in [-0.05, 0) is 36.6 Å². The third-order valence-electron chi connectivity index (χ3n) is 3.28. The fraction of sp³-hybridized carbons (Fsp3) is 0.538. The van der Waals surface area contributed by atoms with Gasteiger partial charge in [-0.15, -0.1) is 0 Å². The maximum Gasteiger partial charge on any atom is 0.279 e. The molecule has 1 aromatic rings. The van der Waals surface area contributed by atoms with Crippen molar-refractivity contribution in [1.29, 1.82) is 0 Å². The molecule has 1 N–H and O–H groups in total. The minimum Gasteiger partial charge on any atom is -0.380 e. The monoisotopic (exact) mass is 318 g/mol. The Kier molecular flexibility index (Phi) is 5.40. The van der Waals surface area contributed by atoms with Crippen LogP contribution in [0.3, 0.4) is 0 Å². The van der Waals surface area contributed by atoms with Gasteiger partial charge in [-0.1, -0.05) is 17.7 Å². The van der Waals surface area contributed by atoms with Gasteiger partial charge in [-0.25, -0.2) is 0 Å². The molecule has 112 valence electrons. The highest BCUT2D eigenvalue weighted by molar-refractivity contribution is 7.87. The summed E-state index contributed by atoms with van der Waals surface area (Å²) in [6, 6.07) is 5.46. The summed E-state index contributed by atoms with van der Waals surface area (Å²) >= 11 is 5.93. The van der Waals surface area contributed by atoms with Crippen LogP contribution in [-0.2, 0) is 21.5 Å². The minimum atomic E-state index is -3.47. The lowest BCUT2D eigenvalue weighted by molar-refractivity contribution is 0.148. The number of hydrogen-bond donors (Lipinski definition) is 1. The highest BCUT2D eigenvalue weighted by Gasteiger charge is 2.22. The van der Waals surface area contributed by atoms with Gasteiger partial charge in [0.25, 0.3) is 10.2 Å². The molecule has 1 saturated heterocycles. The van der Waals surface area contributed by atoms with Gasteiger partial charge in [0, 0.05) is 31.3 Å². The molecule has 1 fully saturated rings. The number of ether oxygens (including phenoxy) is 1. The fourth-order valence-electron chi connectivity index (χ4n) is 2.05. The maximum absolute atomic E-state index is 12.2. The van der Waals surface area contributed by atoms with Crippen LogP contribution in [-0.4, -0.2) is 39.0 Å². The topological polar surface area (TPSA) is 58.6 Å². The van der Waals surface area contributed by atoms with Gasteiger partial charge in [0.05, 0.1) is 6.61 Å². The Balaban J connectivity index is 2.02. The van der Waals surface area contributed by atoms with E-state index in [4.69, 9.17) is 16.3 Å². The number of rotatable bonds is 4. The number of nitrogens with zero attached hydrogens (tertiary/aromatic N) is 1. The molecule has 5 nitrogen and oxygen atoms in total. The first-order valence-corrected chi connectivity index (χ1v) is 8.38. The SMILES string of the molecule is Cc1ccc(Cl)cc1CNS(=O)(=O)N1CCCOCC1. The van der Waals surface area contributed by atoms with E-state index in [1.54, 1.807) is 12.1 Å². The second-order valence-electron chi connectivity index (χ2n) is 4.76. The number of benzene rings is 1. The first-order chi connectivity index (χ1) is 9.49. The molecule has 0 spiro atoms. The van der Waals surface area contributed by atoms with E-state index >= 15 is 0 Å². The normalized spacial score (nSPS) is 17.9. The van der Waals surface area contributed by atoms with Gasteiger partial charge in [-0.2, -0.15) is 17.4 Å². The lowest BCUT2D eigenvalue weighted by Crippen LogP contribution is -2.41. The highest BCUT2D eigenvalue weighted by atomic mass is 35.5. The Morgan fingerprint density at radius 3 is 2.95 bits per heavy atom. The van der Waals surface area contributed by atoms with Crippen molar-refractivity contribution >= 4 is 21.8 Å². The van der Waals surface area contributed by atoms with Crippen LogP contribution >= 0.6 is 11.6 Å². The first-order valence-electron chi connectivity index (χ1n) is 6.56. The lowest BCUT2D eigenvalue weighted by atomic mass is 10.1. The van der Waals surface area contributed by atoms with Crippen LogP contribution < -0.4 is 4.72 Å². The van der Waals surface area contributed by atoms with Crippen molar-refractivity contribution in [2.45, 2.75) is 19.9 Å².